The molecule has 0 fully saturated rings. The second-order valence-corrected chi connectivity index (χ2v) is 3.51. The first-order chi connectivity index (χ1) is 5.90. The first-order valence-electron chi connectivity index (χ1n) is 3.73. The van der Waals surface area contributed by atoms with Crippen molar-refractivity contribution < 1.29 is 0 Å². The molecule has 1 heteroatoms. The maximum atomic E-state index is 3.55. The second kappa shape index (κ2) is 2.98. The normalized spacial score (nSPS) is 9.67. The van der Waals surface area contributed by atoms with E-state index >= 15 is 0 Å². The third-order valence-corrected chi connectivity index (χ3v) is 2.64. The molecule has 0 aliphatic rings. The van der Waals surface area contributed by atoms with E-state index in [9.17, 15) is 0 Å². The van der Waals surface area contributed by atoms with Crippen LogP contribution in [-0.2, 0) is 0 Å². The third-order valence-electron chi connectivity index (χ3n) is 1.75. The Morgan fingerprint density at radius 1 is 1.33 bits per heavy atom. The van der Waals surface area contributed by atoms with Crippen LogP contribution in [0.5, 0.6) is 0 Å². The molecular weight excluding hydrogens is 164 g/mol. The van der Waals surface area contributed by atoms with Gasteiger partial charge in [-0.1, -0.05) is 12.6 Å². The second-order valence-electron chi connectivity index (χ2n) is 2.57. The van der Waals surface area contributed by atoms with E-state index < -0.39 is 0 Å². The van der Waals surface area contributed by atoms with Gasteiger partial charge >= 0.3 is 0 Å². The van der Waals surface area contributed by atoms with E-state index in [2.05, 4.69) is 42.0 Å². The molecule has 0 bridgehead atoms. The number of thiophene rings is 1. The van der Waals surface area contributed by atoms with E-state index in [1.54, 1.807) is 11.3 Å². The molecule has 0 saturated heterocycles. The molecule has 0 aliphatic carbocycles. The summed E-state index contributed by atoms with van der Waals surface area (Å²) in [6.45, 7) is 3.55. The van der Waals surface area contributed by atoms with Gasteiger partial charge in [-0.3, -0.25) is 0 Å². The first kappa shape index (κ1) is 7.35. The Kier molecular flexibility index (Phi) is 1.83. The fourth-order valence-corrected chi connectivity index (χ4v) is 1.96. The molecule has 0 aliphatic heterocycles. The molecule has 1 aromatic heterocycles. The van der Waals surface area contributed by atoms with E-state index in [1.165, 1.54) is 10.1 Å². The summed E-state index contributed by atoms with van der Waals surface area (Å²) in [6.07, 6.45) is 1.89. The molecule has 0 radical (unpaired) electrons. The van der Waals surface area contributed by atoms with Crippen LogP contribution in [0, 0.1) is 0 Å². The number of hydrogen-bond donors (Lipinski definition) is 0. The van der Waals surface area contributed by atoms with Gasteiger partial charge in [-0.15, -0.1) is 17.1 Å². The Bertz CT molecular complexity index is 445. The van der Waals surface area contributed by atoms with Crippen LogP contribution in [-0.4, -0.2) is 0 Å². The molecule has 12 heavy (non-hydrogen) atoms. The minimum atomic E-state index is 1.16. The minimum Gasteiger partial charge on any atom is -0.144 e. The Balaban J connectivity index is 2.67. The summed E-state index contributed by atoms with van der Waals surface area (Å²) in [5, 5.41) is 3.40. The zero-order chi connectivity index (χ0) is 8.39. The van der Waals surface area contributed by atoms with Gasteiger partial charge in [0.05, 0.1) is 0 Å². The largest absolute Gasteiger partial charge is 0.144 e. The Labute approximate surface area is 75.5 Å². The maximum Gasteiger partial charge on any atom is 0.0343 e. The highest BCUT2D eigenvalue weighted by Gasteiger charge is 1.93. The summed E-state index contributed by atoms with van der Waals surface area (Å²) in [5.41, 5.74) is 3.93. The van der Waals surface area contributed by atoms with Crippen LogP contribution in [0.25, 0.3) is 16.2 Å². The molecule has 58 valence electrons. The third kappa shape index (κ3) is 1.20. The molecular formula is C11H8S. The Hall–Kier alpha value is -1.30. The molecule has 0 amide bonds. The highest BCUT2D eigenvalue weighted by Crippen LogP contribution is 2.21. The van der Waals surface area contributed by atoms with Crippen molar-refractivity contribution in [3.63, 3.8) is 0 Å². The quantitative estimate of drug-likeness (QED) is 0.575. The molecule has 0 spiro atoms. The lowest BCUT2D eigenvalue weighted by atomic mass is 10.2. The van der Waals surface area contributed by atoms with Crippen LogP contribution >= 0.6 is 11.3 Å². The van der Waals surface area contributed by atoms with Gasteiger partial charge < -0.3 is 0 Å². The number of rotatable bonds is 1. The van der Waals surface area contributed by atoms with Crippen molar-refractivity contribution >= 4 is 27.5 Å². The van der Waals surface area contributed by atoms with Gasteiger partial charge in [-0.2, -0.15) is 0 Å². The fourth-order valence-electron chi connectivity index (χ4n) is 1.19. The number of fused-ring (bicyclic) bond motifs is 1. The van der Waals surface area contributed by atoms with E-state index in [4.69, 9.17) is 0 Å². The summed E-state index contributed by atoms with van der Waals surface area (Å²) >= 11 is 1.76. The van der Waals surface area contributed by atoms with Crippen LogP contribution in [0.15, 0.2) is 42.0 Å². The lowest BCUT2D eigenvalue weighted by molar-refractivity contribution is 1.77. The summed E-state index contributed by atoms with van der Waals surface area (Å²) < 4.78 is 1.33. The minimum absolute atomic E-state index is 1.16. The number of benzene rings is 1. The molecule has 0 N–H and O–H groups in total. The topological polar surface area (TPSA) is 0 Å². The van der Waals surface area contributed by atoms with E-state index in [-0.39, 0.29) is 0 Å². The lowest BCUT2D eigenvalue weighted by Crippen LogP contribution is -1.68. The highest BCUT2D eigenvalue weighted by atomic mass is 32.1. The zero-order valence-corrected chi connectivity index (χ0v) is 7.40. The van der Waals surface area contributed by atoms with E-state index in [1.807, 2.05) is 6.08 Å². The van der Waals surface area contributed by atoms with Crippen molar-refractivity contribution in [1.29, 1.82) is 0 Å². The van der Waals surface area contributed by atoms with Gasteiger partial charge in [-0.05, 0) is 40.6 Å². The van der Waals surface area contributed by atoms with Crippen molar-refractivity contribution in [2.75, 3.05) is 0 Å². The molecule has 2 rings (SSSR count). The highest BCUT2D eigenvalue weighted by molar-refractivity contribution is 7.17. The van der Waals surface area contributed by atoms with Gasteiger partial charge in [0.15, 0.2) is 0 Å². The monoisotopic (exact) mass is 172 g/mol. The molecule has 0 atom stereocenters. The molecule has 1 heterocycles. The van der Waals surface area contributed by atoms with Crippen molar-refractivity contribution in [3.8, 4) is 0 Å². The lowest BCUT2D eigenvalue weighted by Gasteiger charge is -1.91. The van der Waals surface area contributed by atoms with Gasteiger partial charge in [0.2, 0.25) is 0 Å². The molecule has 1 aromatic carbocycles. The average Bonchev–Trinajstić information content (AvgIpc) is 2.51. The van der Waals surface area contributed by atoms with Crippen molar-refractivity contribution in [2.45, 2.75) is 0 Å². The van der Waals surface area contributed by atoms with Gasteiger partial charge in [-0.25, -0.2) is 0 Å². The van der Waals surface area contributed by atoms with Crippen molar-refractivity contribution in [3.05, 3.63) is 47.5 Å². The van der Waals surface area contributed by atoms with Crippen LogP contribution < -0.4 is 0 Å². The molecule has 0 saturated carbocycles. The molecule has 0 nitrogen and oxygen atoms in total. The molecule has 0 unspecified atom stereocenters. The fraction of sp³-hybridized carbons (Fsp3) is 0. The van der Waals surface area contributed by atoms with Gasteiger partial charge in [0.25, 0.3) is 0 Å². The molecule has 2 aromatic rings. The smallest absolute Gasteiger partial charge is 0.0343 e. The predicted octanol–water partition coefficient (Wildman–Crippen LogP) is 3.70. The standard InChI is InChI=1S/C11H8S/c1-2-3-9-4-5-11-10(8-9)6-7-12-11/h3-8H,1H2. The summed E-state index contributed by atoms with van der Waals surface area (Å²) in [5.74, 6) is 0. The average molecular weight is 172 g/mol. The summed E-state index contributed by atoms with van der Waals surface area (Å²) in [7, 11) is 0. The Morgan fingerprint density at radius 2 is 2.25 bits per heavy atom. The Morgan fingerprint density at radius 3 is 3.08 bits per heavy atom. The summed E-state index contributed by atoms with van der Waals surface area (Å²) in [6, 6.07) is 8.48. The summed E-state index contributed by atoms with van der Waals surface area (Å²) in [4.78, 5) is 0. The van der Waals surface area contributed by atoms with E-state index in [0.29, 0.717) is 0 Å². The van der Waals surface area contributed by atoms with Crippen LogP contribution in [0.2, 0.25) is 0 Å². The van der Waals surface area contributed by atoms with Gasteiger partial charge in [0, 0.05) is 4.70 Å². The first-order valence-corrected chi connectivity index (χ1v) is 4.61. The maximum absolute atomic E-state index is 3.55. The van der Waals surface area contributed by atoms with Crippen LogP contribution in [0.4, 0.5) is 0 Å². The van der Waals surface area contributed by atoms with Crippen LogP contribution in [0.3, 0.4) is 0 Å². The van der Waals surface area contributed by atoms with Gasteiger partial charge in [0.1, 0.15) is 0 Å². The van der Waals surface area contributed by atoms with Crippen LogP contribution in [0.1, 0.15) is 5.56 Å². The van der Waals surface area contributed by atoms with Crippen molar-refractivity contribution in [1.82, 2.24) is 0 Å². The van der Waals surface area contributed by atoms with Crippen molar-refractivity contribution in [2.24, 2.45) is 0 Å². The number of hydrogen-bond acceptors (Lipinski definition) is 1. The SMILES string of the molecule is C=C=Cc1ccc2sccc2c1. The van der Waals surface area contributed by atoms with E-state index in [0.717, 1.165) is 5.56 Å². The predicted molar refractivity (Wildman–Crippen MR) is 55.4 cm³/mol. The zero-order valence-electron chi connectivity index (χ0n) is 6.58.